The Morgan fingerprint density at radius 1 is 1.17 bits per heavy atom. The van der Waals surface area contributed by atoms with Crippen LogP contribution in [0.1, 0.15) is 17.3 Å². The number of rotatable bonds is 5. The molecule has 124 valence electrons. The van der Waals surface area contributed by atoms with Crippen LogP contribution in [0.15, 0.2) is 54.5 Å². The third-order valence-corrected chi connectivity index (χ3v) is 2.83. The normalized spacial score (nSPS) is 10.9. The Hall–Kier alpha value is -3.29. The molecule has 8 heteroatoms. The van der Waals surface area contributed by atoms with Gasteiger partial charge in [-0.15, -0.1) is 0 Å². The highest BCUT2D eigenvalue weighted by atomic mass is 19.1. The van der Waals surface area contributed by atoms with Gasteiger partial charge in [0, 0.05) is 30.2 Å². The lowest BCUT2D eigenvalue weighted by Gasteiger charge is -2.09. The monoisotopic (exact) mass is 332 g/mol. The van der Waals surface area contributed by atoms with Crippen LogP contribution in [0, 0.1) is 11.6 Å². The third-order valence-electron chi connectivity index (χ3n) is 2.83. The van der Waals surface area contributed by atoms with Crippen molar-refractivity contribution in [2.24, 2.45) is 0 Å². The average Bonchev–Trinajstić information content (AvgIpc) is 2.56. The molecule has 2 amide bonds. The molecule has 0 aliphatic carbocycles. The van der Waals surface area contributed by atoms with Crippen LogP contribution in [0.25, 0.3) is 0 Å². The molecule has 3 N–H and O–H groups in total. The van der Waals surface area contributed by atoms with Crippen molar-refractivity contribution in [3.8, 4) is 0 Å². The van der Waals surface area contributed by atoms with Gasteiger partial charge in [-0.25, -0.2) is 8.78 Å². The van der Waals surface area contributed by atoms with Crippen molar-refractivity contribution in [3.05, 3.63) is 71.7 Å². The summed E-state index contributed by atoms with van der Waals surface area (Å²) in [5, 5.41) is 2.27. The molecule has 0 bridgehead atoms. The largest absolute Gasteiger partial charge is 0.320 e. The Balaban J connectivity index is 1.90. The van der Waals surface area contributed by atoms with E-state index in [1.807, 2.05) is 0 Å². The number of halogens is 2. The Labute approximate surface area is 136 Å². The number of hydrogen-bond donors (Lipinski definition) is 3. The molecule has 0 unspecified atom stereocenters. The summed E-state index contributed by atoms with van der Waals surface area (Å²) in [6.45, 7) is 1.53. The number of amides is 2. The van der Waals surface area contributed by atoms with Gasteiger partial charge < -0.3 is 10.7 Å². The number of hydrogen-bond acceptors (Lipinski definition) is 4. The molecule has 2 aromatic rings. The van der Waals surface area contributed by atoms with E-state index < -0.39 is 23.4 Å². The Kier molecular flexibility index (Phi) is 5.56. The molecule has 1 aromatic carbocycles. The van der Waals surface area contributed by atoms with Crippen LogP contribution in [0.2, 0.25) is 0 Å². The zero-order valence-electron chi connectivity index (χ0n) is 12.6. The average molecular weight is 332 g/mol. The van der Waals surface area contributed by atoms with E-state index in [0.29, 0.717) is 17.3 Å². The molecular weight excluding hydrogens is 318 g/mol. The summed E-state index contributed by atoms with van der Waals surface area (Å²) in [7, 11) is 0. The number of nitrogens with zero attached hydrogens (tertiary/aromatic N) is 1. The number of allylic oxidation sites excluding steroid dienone is 1. The third kappa shape index (κ3) is 4.87. The lowest BCUT2D eigenvalue weighted by molar-refractivity contribution is -0.112. The van der Waals surface area contributed by atoms with Gasteiger partial charge in [-0.2, -0.15) is 0 Å². The zero-order valence-corrected chi connectivity index (χ0v) is 12.6. The maximum Gasteiger partial charge on any atom is 0.271 e. The first-order valence-electron chi connectivity index (χ1n) is 6.86. The summed E-state index contributed by atoms with van der Waals surface area (Å²) in [5.41, 5.74) is 5.43. The molecular formula is C16H14F2N4O2. The molecule has 0 atom stereocenters. The van der Waals surface area contributed by atoms with E-state index in [1.165, 1.54) is 19.3 Å². The van der Waals surface area contributed by atoms with E-state index in [1.54, 1.807) is 12.1 Å². The summed E-state index contributed by atoms with van der Waals surface area (Å²) in [4.78, 5) is 27.4. The number of hydrazine groups is 1. The van der Waals surface area contributed by atoms with Crippen LogP contribution in [-0.4, -0.2) is 16.8 Å². The van der Waals surface area contributed by atoms with E-state index in [2.05, 4.69) is 21.2 Å². The van der Waals surface area contributed by atoms with Gasteiger partial charge in [0.25, 0.3) is 5.91 Å². The molecule has 0 spiro atoms. The highest BCUT2D eigenvalue weighted by Gasteiger charge is 2.07. The van der Waals surface area contributed by atoms with Crippen molar-refractivity contribution < 1.29 is 18.4 Å². The smallest absolute Gasteiger partial charge is 0.271 e. The molecule has 0 saturated heterocycles. The van der Waals surface area contributed by atoms with E-state index >= 15 is 0 Å². The van der Waals surface area contributed by atoms with Gasteiger partial charge in [-0.05, 0) is 31.2 Å². The van der Waals surface area contributed by atoms with E-state index in [-0.39, 0.29) is 5.69 Å². The molecule has 0 aliphatic heterocycles. The maximum atomic E-state index is 13.4. The minimum atomic E-state index is -0.882. The highest BCUT2D eigenvalue weighted by Crippen LogP contribution is 2.14. The fraction of sp³-hybridized carbons (Fsp3) is 0.0625. The summed E-state index contributed by atoms with van der Waals surface area (Å²) in [6.07, 6.45) is 4.04. The summed E-state index contributed by atoms with van der Waals surface area (Å²) in [5.74, 6) is -2.69. The molecule has 0 radical (unpaired) electrons. The predicted molar refractivity (Wildman–Crippen MR) is 83.6 cm³/mol. The Morgan fingerprint density at radius 2 is 1.96 bits per heavy atom. The van der Waals surface area contributed by atoms with Gasteiger partial charge in [0.1, 0.15) is 11.6 Å². The molecule has 0 saturated carbocycles. The molecule has 0 fully saturated rings. The quantitative estimate of drug-likeness (QED) is 0.579. The second kappa shape index (κ2) is 7.82. The second-order valence-corrected chi connectivity index (χ2v) is 4.76. The number of aromatic nitrogens is 1. The summed E-state index contributed by atoms with van der Waals surface area (Å²) in [6, 6.07) is 6.00. The number of nitrogens with one attached hydrogen (secondary N) is 3. The summed E-state index contributed by atoms with van der Waals surface area (Å²) >= 11 is 0. The van der Waals surface area contributed by atoms with Crippen LogP contribution < -0.4 is 16.2 Å². The first kappa shape index (κ1) is 17.1. The van der Waals surface area contributed by atoms with Gasteiger partial charge in [0.2, 0.25) is 5.91 Å². The number of carbonyl (C=O) groups excluding carboxylic acids is 2. The molecule has 2 rings (SSSR count). The van der Waals surface area contributed by atoms with Crippen molar-refractivity contribution in [1.29, 1.82) is 0 Å². The van der Waals surface area contributed by atoms with Gasteiger partial charge >= 0.3 is 0 Å². The highest BCUT2D eigenvalue weighted by molar-refractivity contribution is 5.99. The lowest BCUT2D eigenvalue weighted by atomic mass is 10.3. The fourth-order valence-electron chi connectivity index (χ4n) is 1.72. The maximum absolute atomic E-state index is 13.4. The van der Waals surface area contributed by atoms with Crippen molar-refractivity contribution in [3.63, 3.8) is 0 Å². The van der Waals surface area contributed by atoms with Crippen molar-refractivity contribution in [2.75, 3.05) is 5.32 Å². The second-order valence-electron chi connectivity index (χ2n) is 4.76. The SMILES string of the molecule is C/C(=C/C(=O)Nc1ccc(F)cc1F)NNC(=O)c1cccnc1. The zero-order chi connectivity index (χ0) is 17.5. The minimum Gasteiger partial charge on any atom is -0.320 e. The Morgan fingerprint density at radius 3 is 2.62 bits per heavy atom. The van der Waals surface area contributed by atoms with Crippen LogP contribution in [0.4, 0.5) is 14.5 Å². The van der Waals surface area contributed by atoms with Crippen molar-refractivity contribution in [2.45, 2.75) is 6.92 Å². The molecule has 1 heterocycles. The first-order chi connectivity index (χ1) is 11.5. The van der Waals surface area contributed by atoms with E-state index in [0.717, 1.165) is 18.2 Å². The van der Waals surface area contributed by atoms with E-state index in [9.17, 15) is 18.4 Å². The van der Waals surface area contributed by atoms with Gasteiger partial charge in [0.05, 0.1) is 11.3 Å². The van der Waals surface area contributed by atoms with Crippen LogP contribution >= 0.6 is 0 Å². The van der Waals surface area contributed by atoms with Gasteiger partial charge in [-0.1, -0.05) is 0 Å². The molecule has 24 heavy (non-hydrogen) atoms. The molecule has 0 aliphatic rings. The minimum absolute atomic E-state index is 0.148. The number of anilines is 1. The van der Waals surface area contributed by atoms with Crippen molar-refractivity contribution in [1.82, 2.24) is 15.8 Å². The van der Waals surface area contributed by atoms with Gasteiger partial charge in [0.15, 0.2) is 0 Å². The fourth-order valence-corrected chi connectivity index (χ4v) is 1.72. The summed E-state index contributed by atoms with van der Waals surface area (Å²) < 4.78 is 26.2. The standard InChI is InChI=1S/C16H14F2N4O2/c1-10(21-22-16(24)11-3-2-6-19-9-11)7-15(23)20-14-5-4-12(17)8-13(14)18/h2-9,21H,1H3,(H,20,23)(H,22,24)/b10-7-. The number of benzene rings is 1. The molecule has 6 nitrogen and oxygen atoms in total. The van der Waals surface area contributed by atoms with Crippen molar-refractivity contribution >= 4 is 17.5 Å². The Bertz CT molecular complexity index is 779. The molecule has 1 aromatic heterocycles. The van der Waals surface area contributed by atoms with Gasteiger partial charge in [-0.3, -0.25) is 20.0 Å². The van der Waals surface area contributed by atoms with Crippen LogP contribution in [0.3, 0.4) is 0 Å². The first-order valence-corrected chi connectivity index (χ1v) is 6.86. The number of pyridine rings is 1. The topological polar surface area (TPSA) is 83.1 Å². The van der Waals surface area contributed by atoms with Crippen LogP contribution in [0.5, 0.6) is 0 Å². The lowest BCUT2D eigenvalue weighted by Crippen LogP contribution is -2.36. The predicted octanol–water partition coefficient (Wildman–Crippen LogP) is 2.14. The number of carbonyl (C=O) groups is 2. The van der Waals surface area contributed by atoms with E-state index in [4.69, 9.17) is 0 Å². The van der Waals surface area contributed by atoms with Crippen LogP contribution in [-0.2, 0) is 4.79 Å².